The summed E-state index contributed by atoms with van der Waals surface area (Å²) in [6.07, 6.45) is 1.83. The molecule has 0 unspecified atom stereocenters. The van der Waals surface area contributed by atoms with Crippen LogP contribution in [-0.4, -0.2) is 20.9 Å². The minimum Gasteiger partial charge on any atom is -0.481 e. The molecule has 0 fully saturated rings. The van der Waals surface area contributed by atoms with E-state index in [2.05, 4.69) is 5.10 Å². The van der Waals surface area contributed by atoms with Crippen molar-refractivity contribution in [2.45, 2.75) is 39.7 Å². The fourth-order valence-corrected chi connectivity index (χ4v) is 1.44. The fourth-order valence-electron chi connectivity index (χ4n) is 1.44. The van der Waals surface area contributed by atoms with E-state index in [0.29, 0.717) is 6.42 Å². The molecule has 4 nitrogen and oxygen atoms in total. The largest absolute Gasteiger partial charge is 0.481 e. The summed E-state index contributed by atoms with van der Waals surface area (Å²) in [4.78, 5) is 10.3. The highest BCUT2D eigenvalue weighted by atomic mass is 16.4. The third kappa shape index (κ3) is 3.20. The molecule has 0 bridgehead atoms. The van der Waals surface area contributed by atoms with E-state index in [1.807, 2.05) is 24.6 Å². The van der Waals surface area contributed by atoms with E-state index < -0.39 is 5.97 Å². The molecule has 0 aliphatic heterocycles. The highest BCUT2D eigenvalue weighted by Crippen LogP contribution is 2.04. The highest BCUT2D eigenvalue weighted by molar-refractivity contribution is 5.66. The molecular weight excluding hydrogens is 180 g/mol. The van der Waals surface area contributed by atoms with Gasteiger partial charge in [-0.05, 0) is 32.8 Å². The van der Waals surface area contributed by atoms with Gasteiger partial charge in [0.1, 0.15) is 0 Å². The van der Waals surface area contributed by atoms with Gasteiger partial charge in [-0.25, -0.2) is 0 Å². The summed E-state index contributed by atoms with van der Waals surface area (Å²) >= 11 is 0. The number of carboxylic acid groups (broad SMARTS) is 1. The van der Waals surface area contributed by atoms with Gasteiger partial charge in [0.25, 0.3) is 0 Å². The predicted octanol–water partition coefficient (Wildman–Crippen LogP) is 1.75. The van der Waals surface area contributed by atoms with Crippen molar-refractivity contribution in [1.82, 2.24) is 9.78 Å². The first-order chi connectivity index (χ1) is 6.59. The number of rotatable bonds is 5. The van der Waals surface area contributed by atoms with Crippen LogP contribution in [-0.2, 0) is 11.3 Å². The molecule has 4 heteroatoms. The van der Waals surface area contributed by atoms with Crippen LogP contribution in [0, 0.1) is 13.8 Å². The number of aliphatic carboxylic acids is 1. The molecule has 1 aromatic rings. The quantitative estimate of drug-likeness (QED) is 0.730. The maximum absolute atomic E-state index is 10.3. The van der Waals surface area contributed by atoms with Gasteiger partial charge in [-0.15, -0.1) is 0 Å². The van der Waals surface area contributed by atoms with Gasteiger partial charge >= 0.3 is 5.97 Å². The van der Waals surface area contributed by atoms with Crippen LogP contribution in [0.2, 0.25) is 0 Å². The van der Waals surface area contributed by atoms with Crippen molar-refractivity contribution in [3.8, 4) is 0 Å². The van der Waals surface area contributed by atoms with Crippen molar-refractivity contribution in [2.24, 2.45) is 0 Å². The molecule has 1 N–H and O–H groups in total. The van der Waals surface area contributed by atoms with Crippen LogP contribution in [0.4, 0.5) is 0 Å². The number of hydrogen-bond acceptors (Lipinski definition) is 2. The van der Waals surface area contributed by atoms with Gasteiger partial charge in [0.05, 0.1) is 5.69 Å². The summed E-state index contributed by atoms with van der Waals surface area (Å²) < 4.78 is 1.93. The van der Waals surface area contributed by atoms with E-state index in [4.69, 9.17) is 5.11 Å². The van der Waals surface area contributed by atoms with Crippen LogP contribution in [0.1, 0.15) is 30.7 Å². The zero-order valence-electron chi connectivity index (χ0n) is 8.66. The molecule has 1 rings (SSSR count). The lowest BCUT2D eigenvalue weighted by molar-refractivity contribution is -0.137. The second-order valence-electron chi connectivity index (χ2n) is 3.50. The number of carbonyl (C=O) groups is 1. The van der Waals surface area contributed by atoms with E-state index >= 15 is 0 Å². The van der Waals surface area contributed by atoms with Crippen LogP contribution in [0.5, 0.6) is 0 Å². The predicted molar refractivity (Wildman–Crippen MR) is 53.2 cm³/mol. The topological polar surface area (TPSA) is 55.1 Å². The van der Waals surface area contributed by atoms with Gasteiger partial charge < -0.3 is 5.11 Å². The van der Waals surface area contributed by atoms with Crippen molar-refractivity contribution < 1.29 is 9.90 Å². The highest BCUT2D eigenvalue weighted by Gasteiger charge is 2.01. The summed E-state index contributed by atoms with van der Waals surface area (Å²) in [5.74, 6) is -0.724. The van der Waals surface area contributed by atoms with E-state index in [9.17, 15) is 4.79 Å². The standard InChI is InChI=1S/C10H16N2O2/c1-8-7-9(2)12(11-8)6-4-3-5-10(13)14/h7H,3-6H2,1-2H3,(H,13,14). The number of aryl methyl sites for hydroxylation is 3. The Morgan fingerprint density at radius 1 is 1.50 bits per heavy atom. The molecule has 1 heterocycles. The van der Waals surface area contributed by atoms with Crippen LogP contribution < -0.4 is 0 Å². The molecule has 0 radical (unpaired) electrons. The Kier molecular flexibility index (Phi) is 3.68. The maximum Gasteiger partial charge on any atom is 0.303 e. The molecule has 0 amide bonds. The third-order valence-corrected chi connectivity index (χ3v) is 2.11. The molecular formula is C10H16N2O2. The zero-order valence-corrected chi connectivity index (χ0v) is 8.66. The Hall–Kier alpha value is -1.32. The van der Waals surface area contributed by atoms with Crippen molar-refractivity contribution in [2.75, 3.05) is 0 Å². The summed E-state index contributed by atoms with van der Waals surface area (Å²) in [6, 6.07) is 2.02. The van der Waals surface area contributed by atoms with Crippen LogP contribution in [0.25, 0.3) is 0 Å². The molecule has 0 aliphatic rings. The van der Waals surface area contributed by atoms with Crippen LogP contribution in [0.15, 0.2) is 6.07 Å². The summed E-state index contributed by atoms with van der Waals surface area (Å²) in [6.45, 7) is 4.78. The number of unbranched alkanes of at least 4 members (excludes halogenated alkanes) is 1. The Balaban J connectivity index is 2.31. The van der Waals surface area contributed by atoms with Crippen LogP contribution in [0.3, 0.4) is 0 Å². The van der Waals surface area contributed by atoms with Crippen molar-refractivity contribution in [3.05, 3.63) is 17.5 Å². The van der Waals surface area contributed by atoms with Gasteiger partial charge in [0, 0.05) is 18.7 Å². The third-order valence-electron chi connectivity index (χ3n) is 2.11. The summed E-state index contributed by atoms with van der Waals surface area (Å²) in [7, 11) is 0. The van der Waals surface area contributed by atoms with Gasteiger partial charge in [-0.2, -0.15) is 5.10 Å². The smallest absolute Gasteiger partial charge is 0.303 e. The number of nitrogens with zero attached hydrogens (tertiary/aromatic N) is 2. The first-order valence-electron chi connectivity index (χ1n) is 4.82. The number of aromatic nitrogens is 2. The van der Waals surface area contributed by atoms with Crippen LogP contribution >= 0.6 is 0 Å². The number of carboxylic acids is 1. The molecule has 0 aromatic carbocycles. The lowest BCUT2D eigenvalue weighted by atomic mass is 10.2. The first kappa shape index (κ1) is 10.8. The second-order valence-corrected chi connectivity index (χ2v) is 3.50. The lowest BCUT2D eigenvalue weighted by Crippen LogP contribution is -2.03. The second kappa shape index (κ2) is 4.79. The minimum absolute atomic E-state index is 0.249. The Bertz CT molecular complexity index is 318. The van der Waals surface area contributed by atoms with Crippen molar-refractivity contribution in [1.29, 1.82) is 0 Å². The molecule has 0 atom stereocenters. The monoisotopic (exact) mass is 196 g/mol. The molecule has 0 spiro atoms. The van der Waals surface area contributed by atoms with Gasteiger partial charge in [-0.1, -0.05) is 0 Å². The normalized spacial score (nSPS) is 10.4. The fraction of sp³-hybridized carbons (Fsp3) is 0.600. The van der Waals surface area contributed by atoms with E-state index in [1.54, 1.807) is 0 Å². The maximum atomic E-state index is 10.3. The molecule has 0 saturated carbocycles. The molecule has 1 aromatic heterocycles. The number of hydrogen-bond donors (Lipinski definition) is 1. The van der Waals surface area contributed by atoms with Crippen molar-refractivity contribution >= 4 is 5.97 Å². The summed E-state index contributed by atoms with van der Waals surface area (Å²) in [5, 5.41) is 12.7. The Labute approximate surface area is 83.5 Å². The molecule has 0 saturated heterocycles. The zero-order chi connectivity index (χ0) is 10.6. The van der Waals surface area contributed by atoms with E-state index in [0.717, 1.165) is 24.4 Å². The molecule has 14 heavy (non-hydrogen) atoms. The lowest BCUT2D eigenvalue weighted by Gasteiger charge is -2.02. The molecule has 0 aliphatic carbocycles. The van der Waals surface area contributed by atoms with Crippen molar-refractivity contribution in [3.63, 3.8) is 0 Å². The van der Waals surface area contributed by atoms with E-state index in [1.165, 1.54) is 0 Å². The van der Waals surface area contributed by atoms with Gasteiger partial charge in [-0.3, -0.25) is 9.48 Å². The Morgan fingerprint density at radius 2 is 2.21 bits per heavy atom. The average molecular weight is 196 g/mol. The minimum atomic E-state index is -0.724. The average Bonchev–Trinajstić information content (AvgIpc) is 2.39. The molecule has 78 valence electrons. The Morgan fingerprint density at radius 3 is 2.71 bits per heavy atom. The van der Waals surface area contributed by atoms with Gasteiger partial charge in [0.15, 0.2) is 0 Å². The van der Waals surface area contributed by atoms with Gasteiger partial charge in [0.2, 0.25) is 0 Å². The first-order valence-corrected chi connectivity index (χ1v) is 4.82. The summed E-state index contributed by atoms with van der Waals surface area (Å²) in [5.41, 5.74) is 2.15. The van der Waals surface area contributed by atoms with E-state index in [-0.39, 0.29) is 6.42 Å². The SMILES string of the molecule is Cc1cc(C)n(CCCCC(=O)O)n1.